The van der Waals surface area contributed by atoms with E-state index < -0.39 is 0 Å². The second-order valence-electron chi connectivity index (χ2n) is 6.38. The second-order valence-corrected chi connectivity index (χ2v) is 6.38. The molecule has 0 saturated carbocycles. The number of nitrogens with one attached hydrogen (secondary N) is 1. The molecule has 2 aromatic rings. The number of ether oxygens (including phenoxy) is 2. The Morgan fingerprint density at radius 1 is 0.964 bits per heavy atom. The Labute approximate surface area is 166 Å². The summed E-state index contributed by atoms with van der Waals surface area (Å²) in [5.74, 6) is 1.52. The minimum atomic E-state index is -0.122. The highest BCUT2D eigenvalue weighted by Gasteiger charge is 2.10. The number of benzene rings is 2. The van der Waals surface area contributed by atoms with Crippen LogP contribution < -0.4 is 14.8 Å². The van der Waals surface area contributed by atoms with Crippen LogP contribution in [0.5, 0.6) is 11.5 Å². The second kappa shape index (κ2) is 11.0. The predicted octanol–water partition coefficient (Wildman–Crippen LogP) is 3.26. The third-order valence-electron chi connectivity index (χ3n) is 4.23. The molecule has 6 nitrogen and oxygen atoms in total. The third kappa shape index (κ3) is 6.61. The van der Waals surface area contributed by atoms with Crippen molar-refractivity contribution in [3.05, 3.63) is 59.7 Å². The van der Waals surface area contributed by atoms with Crippen LogP contribution in [0.3, 0.4) is 0 Å². The molecule has 0 aliphatic heterocycles. The van der Waals surface area contributed by atoms with Gasteiger partial charge in [-0.05, 0) is 55.3 Å². The molecule has 0 fully saturated rings. The van der Waals surface area contributed by atoms with Crippen molar-refractivity contribution in [1.29, 1.82) is 0 Å². The van der Waals surface area contributed by atoms with Crippen molar-refractivity contribution in [2.45, 2.75) is 26.3 Å². The Bertz CT molecular complexity index is 757. The maximum Gasteiger partial charge on any atom is 0.251 e. The van der Waals surface area contributed by atoms with Crippen molar-refractivity contribution >= 4 is 11.8 Å². The van der Waals surface area contributed by atoms with Crippen LogP contribution in [0.15, 0.2) is 48.5 Å². The fraction of sp³-hybridized carbons (Fsp3) is 0.364. The normalized spacial score (nSPS) is 10.2. The van der Waals surface area contributed by atoms with E-state index in [1.54, 1.807) is 31.1 Å². The van der Waals surface area contributed by atoms with E-state index in [4.69, 9.17) is 9.47 Å². The van der Waals surface area contributed by atoms with Crippen molar-refractivity contribution in [1.82, 2.24) is 10.2 Å². The van der Waals surface area contributed by atoms with E-state index >= 15 is 0 Å². The third-order valence-corrected chi connectivity index (χ3v) is 4.23. The van der Waals surface area contributed by atoms with Gasteiger partial charge in [0.2, 0.25) is 5.91 Å². The van der Waals surface area contributed by atoms with Gasteiger partial charge in [-0.3, -0.25) is 9.59 Å². The molecule has 0 atom stereocenters. The van der Waals surface area contributed by atoms with Gasteiger partial charge >= 0.3 is 0 Å². The Kier molecular flexibility index (Phi) is 8.34. The maximum absolute atomic E-state index is 12.3. The van der Waals surface area contributed by atoms with Gasteiger partial charge in [-0.15, -0.1) is 0 Å². The largest absolute Gasteiger partial charge is 0.494 e. The van der Waals surface area contributed by atoms with Crippen molar-refractivity contribution in [3.63, 3.8) is 0 Å². The van der Waals surface area contributed by atoms with Gasteiger partial charge in [0.25, 0.3) is 5.91 Å². The van der Waals surface area contributed by atoms with Crippen molar-refractivity contribution in [2.24, 2.45) is 0 Å². The van der Waals surface area contributed by atoms with E-state index in [0.29, 0.717) is 38.2 Å². The molecule has 0 radical (unpaired) electrons. The molecule has 0 aromatic heterocycles. The van der Waals surface area contributed by atoms with Crippen molar-refractivity contribution in [2.75, 3.05) is 27.3 Å². The highest BCUT2D eigenvalue weighted by Crippen LogP contribution is 2.18. The molecule has 0 heterocycles. The zero-order valence-corrected chi connectivity index (χ0v) is 16.7. The smallest absolute Gasteiger partial charge is 0.251 e. The number of carbonyl (C=O) groups excluding carboxylic acids is 2. The van der Waals surface area contributed by atoms with Crippen LogP contribution >= 0.6 is 0 Å². The number of hydrogen-bond acceptors (Lipinski definition) is 4. The molecule has 2 amide bonds. The number of nitrogens with zero attached hydrogens (tertiary/aromatic N) is 1. The van der Waals surface area contributed by atoms with Gasteiger partial charge in [-0.2, -0.15) is 0 Å². The Morgan fingerprint density at radius 3 is 2.14 bits per heavy atom. The lowest BCUT2D eigenvalue weighted by Gasteiger charge is -2.17. The molecule has 6 heteroatoms. The van der Waals surface area contributed by atoms with Crippen LogP contribution in [0, 0.1) is 0 Å². The summed E-state index contributed by atoms with van der Waals surface area (Å²) < 4.78 is 11.1. The van der Waals surface area contributed by atoms with E-state index in [-0.39, 0.29) is 11.8 Å². The fourth-order valence-corrected chi connectivity index (χ4v) is 2.67. The van der Waals surface area contributed by atoms with Crippen molar-refractivity contribution in [3.8, 4) is 11.5 Å². The molecule has 0 saturated heterocycles. The van der Waals surface area contributed by atoms with Crippen molar-refractivity contribution < 1.29 is 19.1 Å². The molecule has 28 heavy (non-hydrogen) atoms. The first-order chi connectivity index (χ1) is 13.5. The molecule has 1 N–H and O–H groups in total. The fourth-order valence-electron chi connectivity index (χ4n) is 2.67. The minimum absolute atomic E-state index is 0.0608. The van der Waals surface area contributed by atoms with Gasteiger partial charge in [0.1, 0.15) is 11.5 Å². The summed E-state index contributed by atoms with van der Waals surface area (Å²) in [4.78, 5) is 25.5. The first kappa shape index (κ1) is 21.3. The number of rotatable bonds is 10. The zero-order chi connectivity index (χ0) is 20.4. The zero-order valence-electron chi connectivity index (χ0n) is 16.7. The number of carbonyl (C=O) groups is 2. The number of hydrogen-bond donors (Lipinski definition) is 1. The van der Waals surface area contributed by atoms with Crippen LogP contribution in [0.2, 0.25) is 0 Å². The van der Waals surface area contributed by atoms with Gasteiger partial charge in [0.05, 0.1) is 13.2 Å². The lowest BCUT2D eigenvalue weighted by Crippen LogP contribution is -2.26. The molecular formula is C22H28N2O4. The molecule has 0 aliphatic carbocycles. The summed E-state index contributed by atoms with van der Waals surface area (Å²) in [6, 6.07) is 14.7. The molecule has 2 aromatic carbocycles. The highest BCUT2D eigenvalue weighted by molar-refractivity contribution is 5.93. The lowest BCUT2D eigenvalue weighted by molar-refractivity contribution is -0.130. The van der Waals surface area contributed by atoms with Crippen LogP contribution in [0.1, 0.15) is 35.7 Å². The first-order valence-electron chi connectivity index (χ1n) is 9.44. The SMILES string of the molecule is CCOc1ccc(OCCCC(=O)N(C)Cc2ccc(C(=O)NC)cc2)cc1. The molecule has 0 bridgehead atoms. The van der Waals surface area contributed by atoms with E-state index in [1.807, 2.05) is 43.3 Å². The first-order valence-corrected chi connectivity index (χ1v) is 9.44. The molecular weight excluding hydrogens is 356 g/mol. The Morgan fingerprint density at radius 2 is 1.57 bits per heavy atom. The van der Waals surface area contributed by atoms with Crippen LogP contribution in [0.25, 0.3) is 0 Å². The summed E-state index contributed by atoms with van der Waals surface area (Å²) >= 11 is 0. The summed E-state index contributed by atoms with van der Waals surface area (Å²) in [6.07, 6.45) is 1.07. The molecule has 2 rings (SSSR count). The van der Waals surface area contributed by atoms with E-state index in [1.165, 1.54) is 0 Å². The average Bonchev–Trinajstić information content (AvgIpc) is 2.72. The number of amides is 2. The summed E-state index contributed by atoms with van der Waals surface area (Å²) in [6.45, 7) is 3.56. The maximum atomic E-state index is 12.3. The lowest BCUT2D eigenvalue weighted by atomic mass is 10.1. The molecule has 0 spiro atoms. The molecule has 0 unspecified atom stereocenters. The van der Waals surface area contributed by atoms with E-state index in [2.05, 4.69) is 5.32 Å². The summed E-state index contributed by atoms with van der Waals surface area (Å²) in [5.41, 5.74) is 1.58. The van der Waals surface area contributed by atoms with Gasteiger partial charge in [0, 0.05) is 32.6 Å². The van der Waals surface area contributed by atoms with Gasteiger partial charge in [0.15, 0.2) is 0 Å². The monoisotopic (exact) mass is 384 g/mol. The Balaban J connectivity index is 1.71. The topological polar surface area (TPSA) is 67.9 Å². The van der Waals surface area contributed by atoms with Crippen LogP contribution in [0.4, 0.5) is 0 Å². The summed E-state index contributed by atoms with van der Waals surface area (Å²) in [5, 5.41) is 2.59. The molecule has 150 valence electrons. The highest BCUT2D eigenvalue weighted by atomic mass is 16.5. The standard InChI is InChI=1S/C22H28N2O4/c1-4-27-19-11-13-20(14-12-19)28-15-5-6-21(25)24(3)16-17-7-9-18(10-8-17)22(26)23-2/h7-14H,4-6,15-16H2,1-3H3,(H,23,26). The average molecular weight is 384 g/mol. The van der Waals surface area contributed by atoms with Gasteiger partial charge < -0.3 is 19.7 Å². The van der Waals surface area contributed by atoms with E-state index in [0.717, 1.165) is 17.1 Å². The summed E-state index contributed by atoms with van der Waals surface area (Å²) in [7, 11) is 3.38. The van der Waals surface area contributed by atoms with Gasteiger partial charge in [-0.1, -0.05) is 12.1 Å². The van der Waals surface area contributed by atoms with E-state index in [9.17, 15) is 9.59 Å². The Hall–Kier alpha value is -3.02. The minimum Gasteiger partial charge on any atom is -0.494 e. The van der Waals surface area contributed by atoms with Crippen LogP contribution in [-0.4, -0.2) is 44.0 Å². The van der Waals surface area contributed by atoms with Crippen LogP contribution in [-0.2, 0) is 11.3 Å². The molecule has 0 aliphatic rings. The van der Waals surface area contributed by atoms with Gasteiger partial charge in [-0.25, -0.2) is 0 Å². The quantitative estimate of drug-likeness (QED) is 0.639. The predicted molar refractivity (Wildman–Crippen MR) is 109 cm³/mol.